The summed E-state index contributed by atoms with van der Waals surface area (Å²) in [5.41, 5.74) is 7.50. The number of thiazole rings is 1. The summed E-state index contributed by atoms with van der Waals surface area (Å²) in [6.07, 6.45) is 3.79. The first-order valence-corrected chi connectivity index (χ1v) is 12.8. The molecule has 3 heterocycles. The quantitative estimate of drug-likeness (QED) is 0.218. The van der Waals surface area contributed by atoms with Gasteiger partial charge in [0.1, 0.15) is 0 Å². The topological polar surface area (TPSA) is 63.1 Å². The van der Waals surface area contributed by atoms with Gasteiger partial charge in [0.15, 0.2) is 4.32 Å². The van der Waals surface area contributed by atoms with Crippen molar-refractivity contribution in [2.75, 3.05) is 5.43 Å². The van der Waals surface area contributed by atoms with Gasteiger partial charge in [-0.25, -0.2) is 9.67 Å². The van der Waals surface area contributed by atoms with Gasteiger partial charge in [-0.05, 0) is 42.6 Å². The van der Waals surface area contributed by atoms with Crippen molar-refractivity contribution >= 4 is 67.0 Å². The van der Waals surface area contributed by atoms with Crippen LogP contribution in [0.3, 0.4) is 0 Å². The monoisotopic (exact) mass is 511 g/mol. The Bertz CT molecular complexity index is 1560. The maximum Gasteiger partial charge on any atom is 0.285 e. The van der Waals surface area contributed by atoms with Crippen molar-refractivity contribution in [3.05, 3.63) is 102 Å². The molecule has 1 aliphatic rings. The molecule has 0 atom stereocenters. The summed E-state index contributed by atoms with van der Waals surface area (Å²) in [7, 11) is 0. The molecule has 1 aliphatic heterocycles. The molecule has 1 N–H and O–H groups in total. The molecule has 6 rings (SSSR count). The lowest BCUT2D eigenvalue weighted by atomic mass is 10.1. The number of hydrogen-bond acceptors (Lipinski definition) is 7. The number of carbonyl (C=O) groups excluding carboxylic acids is 1. The van der Waals surface area contributed by atoms with Crippen LogP contribution < -0.4 is 5.43 Å². The Morgan fingerprint density at radius 1 is 0.914 bits per heavy atom. The SMILES string of the molecule is O=C1C(=Cc2cn(-c3ccccc3)nc2-c2ccccc2)SC(=S)N1Nc1nc2ccccc2s1. The van der Waals surface area contributed by atoms with Crippen LogP contribution in [0, 0.1) is 0 Å². The summed E-state index contributed by atoms with van der Waals surface area (Å²) in [6.45, 7) is 0. The Balaban J connectivity index is 1.35. The molecular formula is C26H17N5OS3. The summed E-state index contributed by atoms with van der Waals surface area (Å²) in [6, 6.07) is 27.7. The zero-order valence-corrected chi connectivity index (χ0v) is 20.6. The van der Waals surface area contributed by atoms with E-state index in [0.29, 0.717) is 14.4 Å². The first-order valence-electron chi connectivity index (χ1n) is 10.8. The number of fused-ring (bicyclic) bond motifs is 1. The van der Waals surface area contributed by atoms with Gasteiger partial charge in [-0.15, -0.1) is 0 Å². The molecular weight excluding hydrogens is 495 g/mol. The van der Waals surface area contributed by atoms with Crippen molar-refractivity contribution in [1.82, 2.24) is 19.8 Å². The number of benzene rings is 3. The molecule has 2 aromatic heterocycles. The Kier molecular flexibility index (Phi) is 5.65. The molecule has 0 saturated carbocycles. The normalized spacial score (nSPS) is 14.9. The van der Waals surface area contributed by atoms with Crippen molar-refractivity contribution in [1.29, 1.82) is 0 Å². The summed E-state index contributed by atoms with van der Waals surface area (Å²) in [5.74, 6) is -0.217. The van der Waals surface area contributed by atoms with Gasteiger partial charge < -0.3 is 0 Å². The number of thiocarbonyl (C=S) groups is 1. The zero-order valence-electron chi connectivity index (χ0n) is 18.2. The van der Waals surface area contributed by atoms with E-state index in [1.807, 2.05) is 102 Å². The van der Waals surface area contributed by atoms with Crippen LogP contribution in [0.15, 0.2) is 96.0 Å². The number of rotatable bonds is 5. The number of aromatic nitrogens is 3. The number of amides is 1. The minimum Gasteiger partial charge on any atom is -0.266 e. The first kappa shape index (κ1) is 21.7. The second-order valence-electron chi connectivity index (χ2n) is 7.69. The maximum absolute atomic E-state index is 13.3. The Morgan fingerprint density at radius 3 is 2.40 bits per heavy atom. The maximum atomic E-state index is 13.3. The van der Waals surface area contributed by atoms with Gasteiger partial charge in [0.25, 0.3) is 5.91 Å². The highest BCUT2D eigenvalue weighted by Gasteiger charge is 2.33. The molecule has 1 amide bonds. The van der Waals surface area contributed by atoms with Gasteiger partial charge in [0.05, 0.1) is 26.5 Å². The molecule has 170 valence electrons. The first-order chi connectivity index (χ1) is 17.2. The summed E-state index contributed by atoms with van der Waals surface area (Å²) in [4.78, 5) is 18.4. The van der Waals surface area contributed by atoms with Crippen molar-refractivity contribution in [2.45, 2.75) is 0 Å². The van der Waals surface area contributed by atoms with E-state index in [0.717, 1.165) is 32.7 Å². The molecule has 5 aromatic rings. The van der Waals surface area contributed by atoms with Gasteiger partial charge in [-0.2, -0.15) is 10.1 Å². The van der Waals surface area contributed by atoms with Gasteiger partial charge in [-0.3, -0.25) is 10.2 Å². The highest BCUT2D eigenvalue weighted by Crippen LogP contribution is 2.36. The lowest BCUT2D eigenvalue weighted by molar-refractivity contribution is -0.121. The van der Waals surface area contributed by atoms with Crippen molar-refractivity contribution in [3.63, 3.8) is 0 Å². The molecule has 35 heavy (non-hydrogen) atoms. The van der Waals surface area contributed by atoms with Crippen LogP contribution in [0.4, 0.5) is 5.13 Å². The molecule has 0 bridgehead atoms. The van der Waals surface area contributed by atoms with E-state index in [9.17, 15) is 4.79 Å². The lowest BCUT2D eigenvalue weighted by Crippen LogP contribution is -2.33. The van der Waals surface area contributed by atoms with Crippen molar-refractivity contribution in [3.8, 4) is 16.9 Å². The van der Waals surface area contributed by atoms with Crippen LogP contribution in [-0.2, 0) is 4.79 Å². The number of anilines is 1. The van der Waals surface area contributed by atoms with Crippen LogP contribution in [0.25, 0.3) is 33.2 Å². The molecule has 6 nitrogen and oxygen atoms in total. The van der Waals surface area contributed by atoms with Gasteiger partial charge >= 0.3 is 0 Å². The smallest absolute Gasteiger partial charge is 0.266 e. The summed E-state index contributed by atoms with van der Waals surface area (Å²) in [5, 5.41) is 6.83. The molecule has 0 spiro atoms. The van der Waals surface area contributed by atoms with Gasteiger partial charge in [0.2, 0.25) is 5.13 Å². The van der Waals surface area contributed by atoms with Crippen LogP contribution in [0.5, 0.6) is 0 Å². The fraction of sp³-hybridized carbons (Fsp3) is 0. The van der Waals surface area contributed by atoms with Gasteiger partial charge in [0, 0.05) is 17.3 Å². The minimum absolute atomic E-state index is 0.217. The molecule has 1 saturated heterocycles. The third kappa shape index (κ3) is 4.25. The second kappa shape index (κ2) is 9.10. The number of para-hydroxylation sites is 2. The molecule has 3 aromatic carbocycles. The van der Waals surface area contributed by atoms with E-state index < -0.39 is 0 Å². The fourth-order valence-electron chi connectivity index (χ4n) is 3.75. The Labute approximate surface area is 214 Å². The van der Waals surface area contributed by atoms with E-state index >= 15 is 0 Å². The average molecular weight is 512 g/mol. The Morgan fingerprint density at radius 2 is 1.63 bits per heavy atom. The van der Waals surface area contributed by atoms with Gasteiger partial charge in [-0.1, -0.05) is 83.8 Å². The third-order valence-corrected chi connectivity index (χ3v) is 7.64. The summed E-state index contributed by atoms with van der Waals surface area (Å²) >= 11 is 8.25. The molecule has 0 radical (unpaired) electrons. The number of nitrogens with zero attached hydrogens (tertiary/aromatic N) is 4. The van der Waals surface area contributed by atoms with Crippen LogP contribution >= 0.6 is 35.3 Å². The van der Waals surface area contributed by atoms with E-state index in [1.165, 1.54) is 28.1 Å². The highest BCUT2D eigenvalue weighted by molar-refractivity contribution is 8.26. The van der Waals surface area contributed by atoms with E-state index in [4.69, 9.17) is 17.3 Å². The van der Waals surface area contributed by atoms with Crippen molar-refractivity contribution in [2.24, 2.45) is 0 Å². The standard InChI is InChI=1S/C26H17N5OS3/c32-24-22(35-26(33)31(24)29-25-27-20-13-7-8-14-21(20)34-25)15-18-16-30(19-11-5-2-6-12-19)28-23(18)17-9-3-1-4-10-17/h1-16H,(H,27,29). The van der Waals surface area contributed by atoms with Crippen LogP contribution in [-0.4, -0.2) is 30.0 Å². The number of carbonyl (C=O) groups is 1. The zero-order chi connectivity index (χ0) is 23.8. The third-order valence-electron chi connectivity index (χ3n) is 5.39. The fourth-order valence-corrected chi connectivity index (χ4v) is 5.77. The summed E-state index contributed by atoms with van der Waals surface area (Å²) < 4.78 is 3.29. The number of thioether (sulfide) groups is 1. The predicted molar refractivity (Wildman–Crippen MR) is 147 cm³/mol. The van der Waals surface area contributed by atoms with E-state index in [2.05, 4.69) is 10.4 Å². The van der Waals surface area contributed by atoms with Crippen molar-refractivity contribution < 1.29 is 4.79 Å². The molecule has 9 heteroatoms. The number of hydrazine groups is 1. The second-order valence-corrected chi connectivity index (χ2v) is 10.4. The Hall–Kier alpha value is -3.79. The highest BCUT2D eigenvalue weighted by atomic mass is 32.2. The van der Waals surface area contributed by atoms with Crippen LogP contribution in [0.1, 0.15) is 5.56 Å². The number of nitrogens with one attached hydrogen (secondary N) is 1. The predicted octanol–water partition coefficient (Wildman–Crippen LogP) is 6.38. The van der Waals surface area contributed by atoms with Crippen LogP contribution in [0.2, 0.25) is 0 Å². The molecule has 1 fully saturated rings. The lowest BCUT2D eigenvalue weighted by Gasteiger charge is -2.14. The number of hydrogen-bond donors (Lipinski definition) is 1. The minimum atomic E-state index is -0.217. The molecule has 0 aliphatic carbocycles. The molecule has 0 unspecified atom stereocenters. The van der Waals surface area contributed by atoms with E-state index in [-0.39, 0.29) is 5.91 Å². The van der Waals surface area contributed by atoms with E-state index in [1.54, 1.807) is 0 Å². The largest absolute Gasteiger partial charge is 0.285 e. The average Bonchev–Trinajstić information content (AvgIpc) is 3.57.